The summed E-state index contributed by atoms with van der Waals surface area (Å²) in [4.78, 5) is 39.7. The summed E-state index contributed by atoms with van der Waals surface area (Å²) in [5.41, 5.74) is 3.39. The number of amides is 2. The van der Waals surface area contributed by atoms with Crippen molar-refractivity contribution in [3.63, 3.8) is 0 Å². The number of fused-ring (bicyclic) bond motifs is 1. The van der Waals surface area contributed by atoms with Gasteiger partial charge in [-0.1, -0.05) is 61.9 Å². The van der Waals surface area contributed by atoms with Crippen LogP contribution in [0.1, 0.15) is 50.2 Å². The molecule has 0 spiro atoms. The Morgan fingerprint density at radius 1 is 1.14 bits per heavy atom. The van der Waals surface area contributed by atoms with E-state index in [1.807, 2.05) is 43.3 Å². The molecule has 1 aromatic carbocycles. The number of rotatable bonds is 4. The molecular weight excluding hydrogens is 354 g/mol. The van der Waals surface area contributed by atoms with Gasteiger partial charge in [0.1, 0.15) is 6.04 Å². The van der Waals surface area contributed by atoms with E-state index < -0.39 is 23.8 Å². The van der Waals surface area contributed by atoms with Crippen LogP contribution < -0.4 is 0 Å². The summed E-state index contributed by atoms with van der Waals surface area (Å²) in [6.45, 7) is 5.42. The molecule has 146 valence electrons. The predicted octanol–water partition coefficient (Wildman–Crippen LogP) is 3.48. The fraction of sp³-hybridized carbons (Fsp3) is 0.435. The quantitative estimate of drug-likeness (QED) is 0.813. The maximum absolute atomic E-state index is 13.4. The summed E-state index contributed by atoms with van der Waals surface area (Å²) in [5.74, 6) is -3.31. The molecule has 1 heterocycles. The number of likely N-dealkylation sites (tertiary alicyclic amines) is 1. The van der Waals surface area contributed by atoms with Crippen molar-refractivity contribution in [2.45, 2.75) is 45.1 Å². The van der Waals surface area contributed by atoms with Crippen molar-refractivity contribution in [3.05, 3.63) is 59.2 Å². The standard InChI is InChI=1S/C23H25NO4/c1-4-5-8-13-11-16-14-9-6-7-10-15(14)17(13)19-18(16)21(25)24(22(19)26)20(12(2)3)23(27)28/h4-10,12,16-20H,11H2,1-3H3,(H,27,28)/b5-4-,13-8+. The number of imide groups is 1. The van der Waals surface area contributed by atoms with Gasteiger partial charge in [0.15, 0.2) is 0 Å². The molecule has 2 amide bonds. The highest BCUT2D eigenvalue weighted by Crippen LogP contribution is 2.61. The maximum Gasteiger partial charge on any atom is 0.327 e. The molecule has 0 aromatic heterocycles. The number of carboxylic acid groups (broad SMARTS) is 1. The van der Waals surface area contributed by atoms with E-state index in [1.54, 1.807) is 13.8 Å². The van der Waals surface area contributed by atoms with Gasteiger partial charge >= 0.3 is 5.97 Å². The Morgan fingerprint density at radius 2 is 1.79 bits per heavy atom. The van der Waals surface area contributed by atoms with Gasteiger partial charge in [0.2, 0.25) is 11.8 Å². The second-order valence-electron chi connectivity index (χ2n) is 8.31. The zero-order chi connectivity index (χ0) is 20.2. The van der Waals surface area contributed by atoms with Crippen LogP contribution in [-0.4, -0.2) is 33.8 Å². The third kappa shape index (κ3) is 2.49. The minimum Gasteiger partial charge on any atom is -0.480 e. The topological polar surface area (TPSA) is 74.7 Å². The average Bonchev–Trinajstić information content (AvgIpc) is 2.92. The summed E-state index contributed by atoms with van der Waals surface area (Å²) in [7, 11) is 0. The summed E-state index contributed by atoms with van der Waals surface area (Å²) in [6.07, 6.45) is 6.72. The van der Waals surface area contributed by atoms with Crippen molar-refractivity contribution >= 4 is 17.8 Å². The molecule has 1 aromatic rings. The number of carbonyl (C=O) groups is 3. The van der Waals surface area contributed by atoms with Crippen LogP contribution in [-0.2, 0) is 14.4 Å². The molecule has 0 radical (unpaired) electrons. The number of benzene rings is 1. The third-order valence-corrected chi connectivity index (χ3v) is 6.48. The minimum atomic E-state index is -1.12. The summed E-state index contributed by atoms with van der Waals surface area (Å²) in [5, 5.41) is 9.70. The molecule has 2 bridgehead atoms. The molecule has 4 aliphatic rings. The first-order valence-corrected chi connectivity index (χ1v) is 9.88. The monoisotopic (exact) mass is 379 g/mol. The second-order valence-corrected chi connectivity index (χ2v) is 8.31. The van der Waals surface area contributed by atoms with E-state index in [1.165, 1.54) is 0 Å². The lowest BCUT2D eigenvalue weighted by Crippen LogP contribution is -2.48. The van der Waals surface area contributed by atoms with Gasteiger partial charge in [-0.25, -0.2) is 4.79 Å². The fourth-order valence-electron chi connectivity index (χ4n) is 5.44. The van der Waals surface area contributed by atoms with Gasteiger partial charge < -0.3 is 5.11 Å². The fourth-order valence-corrected chi connectivity index (χ4v) is 5.44. The first-order chi connectivity index (χ1) is 13.4. The van der Waals surface area contributed by atoms with E-state index in [2.05, 4.69) is 6.08 Å². The van der Waals surface area contributed by atoms with Crippen molar-refractivity contribution in [1.29, 1.82) is 0 Å². The van der Waals surface area contributed by atoms with Crippen molar-refractivity contribution in [3.8, 4) is 0 Å². The number of carboxylic acids is 1. The SMILES string of the molecule is C/C=C\C=C1/CC2c3ccccc3C1C1C(=O)N(C(C(=O)O)C(C)C)C(=O)C21. The molecule has 3 aliphatic carbocycles. The Bertz CT molecular complexity index is 913. The number of nitrogens with zero attached hydrogens (tertiary/aromatic N) is 1. The first kappa shape index (κ1) is 18.7. The van der Waals surface area contributed by atoms with Gasteiger partial charge in [-0.05, 0) is 30.4 Å². The number of hydrogen-bond donors (Lipinski definition) is 1. The van der Waals surface area contributed by atoms with E-state index in [4.69, 9.17) is 0 Å². The molecule has 1 saturated carbocycles. The van der Waals surface area contributed by atoms with Gasteiger partial charge in [-0.15, -0.1) is 0 Å². The molecular formula is C23H25NO4. The van der Waals surface area contributed by atoms with Crippen molar-refractivity contribution in [2.24, 2.45) is 17.8 Å². The lowest BCUT2D eigenvalue weighted by Gasteiger charge is -2.46. The molecule has 5 atom stereocenters. The zero-order valence-corrected chi connectivity index (χ0v) is 16.3. The van der Waals surface area contributed by atoms with Crippen LogP contribution in [0.5, 0.6) is 0 Å². The predicted molar refractivity (Wildman–Crippen MR) is 105 cm³/mol. The largest absolute Gasteiger partial charge is 0.480 e. The lowest BCUT2D eigenvalue weighted by atomic mass is 9.55. The van der Waals surface area contributed by atoms with Crippen molar-refractivity contribution in [2.75, 3.05) is 0 Å². The summed E-state index contributed by atoms with van der Waals surface area (Å²) in [6, 6.07) is 6.92. The number of carbonyl (C=O) groups excluding carboxylic acids is 2. The number of aliphatic carboxylic acids is 1. The van der Waals surface area contributed by atoms with Gasteiger partial charge in [0.25, 0.3) is 0 Å². The molecule has 1 N–H and O–H groups in total. The Kier molecular flexibility index (Phi) is 4.48. The average molecular weight is 379 g/mol. The van der Waals surface area contributed by atoms with Crippen LogP contribution in [0.2, 0.25) is 0 Å². The van der Waals surface area contributed by atoms with Crippen LogP contribution in [0.15, 0.2) is 48.1 Å². The van der Waals surface area contributed by atoms with E-state index in [9.17, 15) is 19.5 Å². The molecule has 28 heavy (non-hydrogen) atoms. The van der Waals surface area contributed by atoms with Crippen molar-refractivity contribution < 1.29 is 19.5 Å². The van der Waals surface area contributed by atoms with Crippen LogP contribution in [0.25, 0.3) is 0 Å². The van der Waals surface area contributed by atoms with Gasteiger partial charge in [-0.3, -0.25) is 14.5 Å². The Balaban J connectivity index is 1.85. The van der Waals surface area contributed by atoms with Gasteiger partial charge in [0, 0.05) is 11.8 Å². The number of allylic oxidation sites excluding steroid dienone is 4. The molecule has 5 nitrogen and oxygen atoms in total. The lowest BCUT2D eigenvalue weighted by molar-refractivity contribution is -0.157. The second kappa shape index (κ2) is 6.73. The molecule has 1 aliphatic heterocycles. The Labute approximate surface area is 164 Å². The smallest absolute Gasteiger partial charge is 0.327 e. The van der Waals surface area contributed by atoms with Crippen LogP contribution in [0.4, 0.5) is 0 Å². The minimum absolute atomic E-state index is 0.0780. The van der Waals surface area contributed by atoms with E-state index in [0.717, 1.165) is 28.0 Å². The van der Waals surface area contributed by atoms with E-state index in [-0.39, 0.29) is 29.6 Å². The zero-order valence-electron chi connectivity index (χ0n) is 16.3. The molecule has 5 heteroatoms. The molecule has 1 saturated heterocycles. The Morgan fingerprint density at radius 3 is 2.39 bits per heavy atom. The van der Waals surface area contributed by atoms with E-state index in [0.29, 0.717) is 0 Å². The molecule has 5 rings (SSSR count). The van der Waals surface area contributed by atoms with Gasteiger partial charge in [-0.2, -0.15) is 0 Å². The highest BCUT2D eigenvalue weighted by Gasteiger charge is 2.62. The highest BCUT2D eigenvalue weighted by atomic mass is 16.4. The van der Waals surface area contributed by atoms with E-state index >= 15 is 0 Å². The van der Waals surface area contributed by atoms with Crippen LogP contribution in [0.3, 0.4) is 0 Å². The number of hydrogen-bond acceptors (Lipinski definition) is 3. The molecule has 2 fully saturated rings. The maximum atomic E-state index is 13.4. The van der Waals surface area contributed by atoms with Crippen LogP contribution in [0, 0.1) is 17.8 Å². The Hall–Kier alpha value is -2.69. The van der Waals surface area contributed by atoms with Gasteiger partial charge in [0.05, 0.1) is 11.8 Å². The molecule has 5 unspecified atom stereocenters. The third-order valence-electron chi connectivity index (χ3n) is 6.48. The summed E-state index contributed by atoms with van der Waals surface area (Å²) < 4.78 is 0. The summed E-state index contributed by atoms with van der Waals surface area (Å²) >= 11 is 0. The van der Waals surface area contributed by atoms with Crippen LogP contribution >= 0.6 is 0 Å². The first-order valence-electron chi connectivity index (χ1n) is 9.88. The highest BCUT2D eigenvalue weighted by molar-refractivity contribution is 6.09. The van der Waals surface area contributed by atoms with Crippen molar-refractivity contribution in [1.82, 2.24) is 4.90 Å². The normalized spacial score (nSPS) is 31.0.